The van der Waals surface area contributed by atoms with Gasteiger partial charge in [-0.05, 0) is 12.1 Å². The monoisotopic (exact) mass is 200 g/mol. The van der Waals surface area contributed by atoms with Crippen molar-refractivity contribution in [1.29, 1.82) is 0 Å². The van der Waals surface area contributed by atoms with Crippen molar-refractivity contribution in [1.82, 2.24) is 0 Å². The Balaban J connectivity index is 2.72. The maximum absolute atomic E-state index is 11.0. The summed E-state index contributed by atoms with van der Waals surface area (Å²) >= 11 is 0. The van der Waals surface area contributed by atoms with Crippen LogP contribution in [0.2, 0.25) is 0 Å². The van der Waals surface area contributed by atoms with E-state index < -0.39 is 12.1 Å². The van der Waals surface area contributed by atoms with Crippen molar-refractivity contribution in [2.75, 3.05) is 20.8 Å². The zero-order valence-corrected chi connectivity index (χ0v) is 8.02. The zero-order valence-electron chi connectivity index (χ0n) is 8.02. The van der Waals surface area contributed by atoms with Crippen molar-refractivity contribution in [2.45, 2.75) is 6.10 Å². The average molecular weight is 200 g/mol. The van der Waals surface area contributed by atoms with Crippen LogP contribution in [0.25, 0.3) is 0 Å². The number of rotatable bonds is 4. The number of carbonyl (C=O) groups is 1. The van der Waals surface area contributed by atoms with E-state index in [1.165, 1.54) is 26.4 Å². The minimum atomic E-state index is -0.863. The minimum absolute atomic E-state index is 0.0673. The number of hydrogen-bond donors (Lipinski definition) is 1. The Morgan fingerprint density at radius 1 is 1.57 bits per heavy atom. The maximum atomic E-state index is 11.0. The molecule has 0 amide bonds. The van der Waals surface area contributed by atoms with Gasteiger partial charge in [0.1, 0.15) is 11.9 Å². The predicted octanol–water partition coefficient (Wildman–Crippen LogP) is 0.746. The first-order valence-electron chi connectivity index (χ1n) is 4.04. The van der Waals surface area contributed by atoms with E-state index in [-0.39, 0.29) is 18.1 Å². The molecule has 0 aliphatic rings. The maximum Gasteiger partial charge on any atom is 0.373 e. The molecular formula is C9H12O5. The lowest BCUT2D eigenvalue weighted by Gasteiger charge is -2.04. The van der Waals surface area contributed by atoms with Crippen molar-refractivity contribution in [2.24, 2.45) is 0 Å². The lowest BCUT2D eigenvalue weighted by molar-refractivity contribution is 0.0446. The zero-order chi connectivity index (χ0) is 10.6. The Morgan fingerprint density at radius 3 is 2.86 bits per heavy atom. The molecule has 0 aliphatic heterocycles. The van der Waals surface area contributed by atoms with E-state index >= 15 is 0 Å². The van der Waals surface area contributed by atoms with Crippen LogP contribution in [0.3, 0.4) is 0 Å². The number of esters is 1. The van der Waals surface area contributed by atoms with E-state index in [4.69, 9.17) is 9.15 Å². The first-order valence-corrected chi connectivity index (χ1v) is 4.04. The molecule has 0 saturated carbocycles. The Labute approximate surface area is 81.2 Å². The van der Waals surface area contributed by atoms with E-state index in [1.807, 2.05) is 0 Å². The van der Waals surface area contributed by atoms with Crippen molar-refractivity contribution in [3.63, 3.8) is 0 Å². The molecule has 14 heavy (non-hydrogen) atoms. The number of aliphatic hydroxyl groups excluding tert-OH is 1. The highest BCUT2D eigenvalue weighted by molar-refractivity contribution is 5.86. The van der Waals surface area contributed by atoms with Gasteiger partial charge in [-0.25, -0.2) is 4.79 Å². The number of methoxy groups -OCH3 is 2. The molecule has 0 spiro atoms. The molecule has 0 bridgehead atoms. The lowest BCUT2D eigenvalue weighted by Crippen LogP contribution is -2.04. The molecule has 1 unspecified atom stereocenters. The van der Waals surface area contributed by atoms with E-state index in [1.54, 1.807) is 0 Å². The molecule has 1 atom stereocenters. The predicted molar refractivity (Wildman–Crippen MR) is 46.9 cm³/mol. The van der Waals surface area contributed by atoms with Crippen molar-refractivity contribution in [3.8, 4) is 0 Å². The fraction of sp³-hybridized carbons (Fsp3) is 0.444. The van der Waals surface area contributed by atoms with Gasteiger partial charge < -0.3 is 19.0 Å². The molecule has 1 heterocycles. The largest absolute Gasteiger partial charge is 0.463 e. The Kier molecular flexibility index (Phi) is 3.67. The van der Waals surface area contributed by atoms with Gasteiger partial charge in [0.15, 0.2) is 0 Å². The van der Waals surface area contributed by atoms with Gasteiger partial charge in [-0.1, -0.05) is 0 Å². The van der Waals surface area contributed by atoms with Gasteiger partial charge in [0.05, 0.1) is 13.7 Å². The number of hydrogen-bond acceptors (Lipinski definition) is 5. The van der Waals surface area contributed by atoms with Gasteiger partial charge >= 0.3 is 5.97 Å². The Bertz CT molecular complexity index is 304. The molecule has 1 aromatic heterocycles. The van der Waals surface area contributed by atoms with Gasteiger partial charge in [-0.15, -0.1) is 0 Å². The second-order valence-electron chi connectivity index (χ2n) is 2.66. The molecule has 1 aromatic rings. The molecule has 0 radical (unpaired) electrons. The first-order chi connectivity index (χ1) is 6.69. The Morgan fingerprint density at radius 2 is 2.29 bits per heavy atom. The summed E-state index contributed by atoms with van der Waals surface area (Å²) in [7, 11) is 2.73. The summed E-state index contributed by atoms with van der Waals surface area (Å²) in [6, 6.07) is 2.95. The summed E-state index contributed by atoms with van der Waals surface area (Å²) in [4.78, 5) is 11.0. The van der Waals surface area contributed by atoms with Crippen LogP contribution in [-0.2, 0) is 9.47 Å². The highest BCUT2D eigenvalue weighted by atomic mass is 16.5. The summed E-state index contributed by atoms with van der Waals surface area (Å²) in [5, 5.41) is 9.42. The highest BCUT2D eigenvalue weighted by Crippen LogP contribution is 2.17. The van der Waals surface area contributed by atoms with Gasteiger partial charge in [0.2, 0.25) is 5.76 Å². The van der Waals surface area contributed by atoms with Crippen molar-refractivity contribution < 1.29 is 23.8 Å². The summed E-state index contributed by atoms with van der Waals surface area (Å²) in [6.07, 6.45) is -0.863. The molecule has 0 fully saturated rings. The molecule has 0 saturated heterocycles. The SMILES string of the molecule is COCC(O)c1ccc(C(=O)OC)o1. The van der Waals surface area contributed by atoms with E-state index in [0.717, 1.165) is 0 Å². The molecule has 5 heteroatoms. The molecule has 0 aliphatic carbocycles. The van der Waals surface area contributed by atoms with Crippen LogP contribution >= 0.6 is 0 Å². The van der Waals surface area contributed by atoms with Gasteiger partial charge in [0, 0.05) is 7.11 Å². The van der Waals surface area contributed by atoms with E-state index in [9.17, 15) is 9.90 Å². The fourth-order valence-corrected chi connectivity index (χ4v) is 0.982. The molecule has 78 valence electrons. The minimum Gasteiger partial charge on any atom is -0.463 e. The summed E-state index contributed by atoms with van der Waals surface area (Å²) in [5.74, 6) is -0.217. The molecule has 5 nitrogen and oxygen atoms in total. The van der Waals surface area contributed by atoms with Crippen LogP contribution in [0.15, 0.2) is 16.5 Å². The van der Waals surface area contributed by atoms with E-state index in [2.05, 4.69) is 4.74 Å². The summed E-state index contributed by atoms with van der Waals surface area (Å²) < 4.78 is 14.2. The van der Waals surface area contributed by atoms with Crippen molar-refractivity contribution in [3.05, 3.63) is 23.7 Å². The van der Waals surface area contributed by atoms with Crippen LogP contribution in [0.1, 0.15) is 22.4 Å². The molecule has 1 rings (SSSR count). The van der Waals surface area contributed by atoms with Gasteiger partial charge in [0.25, 0.3) is 0 Å². The smallest absolute Gasteiger partial charge is 0.373 e. The third-order valence-electron chi connectivity index (χ3n) is 1.67. The third kappa shape index (κ3) is 2.34. The summed E-state index contributed by atoms with van der Waals surface area (Å²) in [6.45, 7) is 0.119. The van der Waals surface area contributed by atoms with Crippen LogP contribution < -0.4 is 0 Å². The normalized spacial score (nSPS) is 12.5. The van der Waals surface area contributed by atoms with Gasteiger partial charge in [-0.2, -0.15) is 0 Å². The van der Waals surface area contributed by atoms with Crippen LogP contribution in [0.4, 0.5) is 0 Å². The fourth-order valence-electron chi connectivity index (χ4n) is 0.982. The lowest BCUT2D eigenvalue weighted by atomic mass is 10.3. The quantitative estimate of drug-likeness (QED) is 0.726. The topological polar surface area (TPSA) is 68.9 Å². The number of ether oxygens (including phenoxy) is 2. The third-order valence-corrected chi connectivity index (χ3v) is 1.67. The van der Waals surface area contributed by atoms with Crippen LogP contribution in [-0.4, -0.2) is 31.9 Å². The molecular weight excluding hydrogens is 188 g/mol. The molecule has 1 N–H and O–H groups in total. The van der Waals surface area contributed by atoms with Crippen molar-refractivity contribution >= 4 is 5.97 Å². The first kappa shape index (κ1) is 10.7. The average Bonchev–Trinajstić information content (AvgIpc) is 2.66. The summed E-state index contributed by atoms with van der Waals surface area (Å²) in [5.41, 5.74) is 0. The second kappa shape index (κ2) is 4.78. The van der Waals surface area contributed by atoms with Crippen LogP contribution in [0.5, 0.6) is 0 Å². The van der Waals surface area contributed by atoms with Crippen LogP contribution in [0, 0.1) is 0 Å². The number of aliphatic hydroxyl groups is 1. The second-order valence-corrected chi connectivity index (χ2v) is 2.66. The number of carbonyl (C=O) groups excluding carboxylic acids is 1. The molecule has 0 aromatic carbocycles. The standard InChI is InChI=1S/C9H12O5/c1-12-5-6(10)7-3-4-8(14-7)9(11)13-2/h3-4,6,10H,5H2,1-2H3. The Hall–Kier alpha value is -1.33. The highest BCUT2D eigenvalue weighted by Gasteiger charge is 2.16. The van der Waals surface area contributed by atoms with E-state index in [0.29, 0.717) is 0 Å². The van der Waals surface area contributed by atoms with Gasteiger partial charge in [-0.3, -0.25) is 0 Å². The number of furan rings is 1.